The van der Waals surface area contributed by atoms with Crippen molar-refractivity contribution in [3.8, 4) is 0 Å². The maximum absolute atomic E-state index is 13.1. The first-order valence-corrected chi connectivity index (χ1v) is 10.1. The summed E-state index contributed by atoms with van der Waals surface area (Å²) in [5.41, 5.74) is 4.16. The summed E-state index contributed by atoms with van der Waals surface area (Å²) in [7, 11) is 0. The molecule has 0 saturated heterocycles. The van der Waals surface area contributed by atoms with Gasteiger partial charge < -0.3 is 14.4 Å². The number of ether oxygens (including phenoxy) is 1. The van der Waals surface area contributed by atoms with Crippen molar-refractivity contribution in [3.63, 3.8) is 0 Å². The number of hydrogen-bond acceptors (Lipinski definition) is 5. The van der Waals surface area contributed by atoms with E-state index >= 15 is 0 Å². The van der Waals surface area contributed by atoms with Crippen LogP contribution in [0.15, 0.2) is 54.1 Å². The number of aromatic nitrogens is 1. The zero-order valence-corrected chi connectivity index (χ0v) is 17.8. The van der Waals surface area contributed by atoms with Crippen molar-refractivity contribution in [1.29, 1.82) is 0 Å². The lowest BCUT2D eigenvalue weighted by atomic mass is 9.89. The van der Waals surface area contributed by atoms with Gasteiger partial charge in [0.15, 0.2) is 0 Å². The zero-order chi connectivity index (χ0) is 22.3. The SMILES string of the molecule is C=CC1=C(C(=O)N2Cc3cc4ccccc4nc3C2)COC(=O)[C@@H]1CC.C=O.CC. The molecule has 6 heteroatoms. The standard InChI is InChI=1S/C21H20N2O3.C2H6.CH2O/c1-3-15-16(4-2)21(25)26-12-17(15)20(24)23-10-14-9-13-7-5-6-8-18(13)22-19(14)11-23;2*1-2/h3,5-9,16H,1,4,10-12H2,2H3;1-2H3;1H2/t16-;;/m1../s1. The predicted molar refractivity (Wildman–Crippen MR) is 116 cm³/mol. The summed E-state index contributed by atoms with van der Waals surface area (Å²) >= 11 is 0. The minimum absolute atomic E-state index is 0.0117. The second kappa shape index (κ2) is 10.5. The number of pyridine rings is 1. The number of fused-ring (bicyclic) bond motifs is 2. The van der Waals surface area contributed by atoms with Gasteiger partial charge in [-0.05, 0) is 29.7 Å². The molecule has 1 amide bonds. The largest absolute Gasteiger partial charge is 0.460 e. The van der Waals surface area contributed by atoms with Gasteiger partial charge in [0.05, 0.1) is 29.2 Å². The predicted octanol–water partition coefficient (Wildman–Crippen LogP) is 3.98. The van der Waals surface area contributed by atoms with Crippen LogP contribution in [-0.4, -0.2) is 35.2 Å². The molecule has 0 N–H and O–H groups in total. The van der Waals surface area contributed by atoms with E-state index in [1.807, 2.05) is 51.8 Å². The highest BCUT2D eigenvalue weighted by molar-refractivity contribution is 5.98. The van der Waals surface area contributed by atoms with E-state index in [-0.39, 0.29) is 18.5 Å². The van der Waals surface area contributed by atoms with Crippen molar-refractivity contribution in [2.75, 3.05) is 6.61 Å². The van der Waals surface area contributed by atoms with Crippen LogP contribution in [0.25, 0.3) is 10.9 Å². The van der Waals surface area contributed by atoms with Crippen LogP contribution in [0.3, 0.4) is 0 Å². The van der Waals surface area contributed by atoms with Crippen LogP contribution >= 0.6 is 0 Å². The van der Waals surface area contributed by atoms with Crippen LogP contribution < -0.4 is 0 Å². The monoisotopic (exact) mass is 408 g/mol. The Kier molecular flexibility index (Phi) is 8.04. The molecular formula is C24H28N2O4. The van der Waals surface area contributed by atoms with Gasteiger partial charge in [-0.3, -0.25) is 14.6 Å². The molecule has 2 aromatic rings. The second-order valence-corrected chi connectivity index (χ2v) is 6.65. The minimum atomic E-state index is -0.411. The number of hydrogen-bond donors (Lipinski definition) is 0. The van der Waals surface area contributed by atoms with E-state index < -0.39 is 5.92 Å². The highest BCUT2D eigenvalue weighted by Gasteiger charge is 2.35. The molecule has 4 rings (SSSR count). The minimum Gasteiger partial charge on any atom is -0.460 e. The van der Waals surface area contributed by atoms with Gasteiger partial charge in [-0.1, -0.05) is 51.6 Å². The Labute approximate surface area is 177 Å². The van der Waals surface area contributed by atoms with Crippen molar-refractivity contribution in [2.24, 2.45) is 5.92 Å². The van der Waals surface area contributed by atoms with E-state index in [4.69, 9.17) is 14.5 Å². The second-order valence-electron chi connectivity index (χ2n) is 6.65. The van der Waals surface area contributed by atoms with Gasteiger partial charge in [-0.2, -0.15) is 0 Å². The topological polar surface area (TPSA) is 76.6 Å². The van der Waals surface area contributed by atoms with Crippen LogP contribution in [0, 0.1) is 5.92 Å². The van der Waals surface area contributed by atoms with Gasteiger partial charge in [0.2, 0.25) is 0 Å². The number of amides is 1. The third kappa shape index (κ3) is 4.32. The van der Waals surface area contributed by atoms with Gasteiger partial charge >= 0.3 is 5.97 Å². The van der Waals surface area contributed by atoms with E-state index in [0.717, 1.165) is 22.2 Å². The van der Waals surface area contributed by atoms with Crippen LogP contribution in [0.1, 0.15) is 38.4 Å². The third-order valence-corrected chi connectivity index (χ3v) is 5.14. The number of nitrogens with zero attached hydrogens (tertiary/aromatic N) is 2. The van der Waals surface area contributed by atoms with Gasteiger partial charge in [0.25, 0.3) is 5.91 Å². The summed E-state index contributed by atoms with van der Waals surface area (Å²) in [4.78, 5) is 39.5. The van der Waals surface area contributed by atoms with Crippen molar-refractivity contribution in [2.45, 2.75) is 40.3 Å². The molecule has 6 nitrogen and oxygen atoms in total. The average Bonchev–Trinajstić information content (AvgIpc) is 3.22. The number of para-hydroxylation sites is 1. The summed E-state index contributed by atoms with van der Waals surface area (Å²) in [5, 5.41) is 1.07. The van der Waals surface area contributed by atoms with Crippen molar-refractivity contribution < 1.29 is 19.1 Å². The van der Waals surface area contributed by atoms with E-state index in [2.05, 4.69) is 12.6 Å². The Hall–Kier alpha value is -3.28. The number of allylic oxidation sites excluding steroid dienone is 1. The molecule has 158 valence electrons. The summed E-state index contributed by atoms with van der Waals surface area (Å²) in [5.74, 6) is -0.796. The highest BCUT2D eigenvalue weighted by atomic mass is 16.5. The molecule has 30 heavy (non-hydrogen) atoms. The lowest BCUT2D eigenvalue weighted by molar-refractivity contribution is -0.148. The Morgan fingerprint density at radius 2 is 1.97 bits per heavy atom. The van der Waals surface area contributed by atoms with Crippen molar-refractivity contribution >= 4 is 29.6 Å². The summed E-state index contributed by atoms with van der Waals surface area (Å²) in [6.45, 7) is 12.7. The Bertz CT molecular complexity index is 936. The quantitative estimate of drug-likeness (QED) is 0.718. The number of rotatable bonds is 3. The highest BCUT2D eigenvalue weighted by Crippen LogP contribution is 2.31. The average molecular weight is 408 g/mol. The lowest BCUT2D eigenvalue weighted by Crippen LogP contribution is -2.35. The van der Waals surface area contributed by atoms with E-state index in [1.54, 1.807) is 11.0 Å². The molecule has 2 aliphatic heterocycles. The molecule has 3 heterocycles. The molecule has 0 unspecified atom stereocenters. The number of carbonyl (C=O) groups is 3. The molecule has 0 spiro atoms. The van der Waals surface area contributed by atoms with E-state index in [0.29, 0.717) is 30.7 Å². The molecule has 1 atom stereocenters. The summed E-state index contributed by atoms with van der Waals surface area (Å²) < 4.78 is 5.24. The summed E-state index contributed by atoms with van der Waals surface area (Å²) in [6.07, 6.45) is 2.21. The maximum Gasteiger partial charge on any atom is 0.313 e. The molecule has 0 radical (unpaired) electrons. The fourth-order valence-corrected chi connectivity index (χ4v) is 3.75. The molecular weight excluding hydrogens is 380 g/mol. The van der Waals surface area contributed by atoms with Crippen LogP contribution in [0.4, 0.5) is 0 Å². The molecule has 0 aliphatic carbocycles. The maximum atomic E-state index is 13.1. The summed E-state index contributed by atoms with van der Waals surface area (Å²) in [6, 6.07) is 10.0. The number of carbonyl (C=O) groups excluding carboxylic acids is 3. The Morgan fingerprint density at radius 1 is 1.27 bits per heavy atom. The fraction of sp³-hybridized carbons (Fsp3) is 0.333. The first-order valence-electron chi connectivity index (χ1n) is 10.1. The van der Waals surface area contributed by atoms with E-state index in [9.17, 15) is 9.59 Å². The molecule has 0 fully saturated rings. The number of esters is 1. The van der Waals surface area contributed by atoms with Crippen molar-refractivity contribution in [1.82, 2.24) is 9.88 Å². The van der Waals surface area contributed by atoms with Gasteiger partial charge in [-0.25, -0.2) is 0 Å². The Morgan fingerprint density at radius 3 is 2.63 bits per heavy atom. The van der Waals surface area contributed by atoms with Crippen LogP contribution in [0.2, 0.25) is 0 Å². The smallest absolute Gasteiger partial charge is 0.313 e. The number of cyclic esters (lactones) is 1. The molecule has 1 aromatic carbocycles. The zero-order valence-electron chi connectivity index (χ0n) is 17.8. The molecule has 1 aromatic heterocycles. The van der Waals surface area contributed by atoms with Gasteiger partial charge in [0, 0.05) is 11.9 Å². The van der Waals surface area contributed by atoms with Crippen LogP contribution in [-0.2, 0) is 32.2 Å². The first-order chi connectivity index (χ1) is 14.6. The Balaban J connectivity index is 0.000000757. The first kappa shape index (κ1) is 23.0. The van der Waals surface area contributed by atoms with Gasteiger partial charge in [-0.15, -0.1) is 0 Å². The van der Waals surface area contributed by atoms with Crippen LogP contribution in [0.5, 0.6) is 0 Å². The molecule has 0 bridgehead atoms. The molecule has 0 saturated carbocycles. The number of benzene rings is 1. The molecule has 2 aliphatic rings. The third-order valence-electron chi connectivity index (χ3n) is 5.14. The normalized spacial score (nSPS) is 17.2. The van der Waals surface area contributed by atoms with Crippen molar-refractivity contribution in [3.05, 3.63) is 65.4 Å². The van der Waals surface area contributed by atoms with E-state index in [1.165, 1.54) is 0 Å². The lowest BCUT2D eigenvalue weighted by Gasteiger charge is -2.27. The fourth-order valence-electron chi connectivity index (χ4n) is 3.75. The van der Waals surface area contributed by atoms with Gasteiger partial charge in [0.1, 0.15) is 13.4 Å².